The number of benzene rings is 1. The van der Waals surface area contributed by atoms with Crippen LogP contribution in [-0.2, 0) is 0 Å². The van der Waals surface area contributed by atoms with Gasteiger partial charge in [0.1, 0.15) is 11.2 Å². The minimum atomic E-state index is 0.955. The summed E-state index contributed by atoms with van der Waals surface area (Å²) in [5, 5.41) is 0. The highest BCUT2D eigenvalue weighted by Gasteiger charge is 2.09. The first kappa shape index (κ1) is 8.11. The van der Waals surface area contributed by atoms with E-state index in [1.807, 2.05) is 26.0 Å². The van der Waals surface area contributed by atoms with Crippen LogP contribution >= 0.6 is 0 Å². The Morgan fingerprint density at radius 1 is 1.00 bits per heavy atom. The van der Waals surface area contributed by atoms with Gasteiger partial charge in [-0.25, -0.2) is 0 Å². The van der Waals surface area contributed by atoms with Crippen molar-refractivity contribution in [3.05, 3.63) is 35.4 Å². The third kappa shape index (κ3) is 1.26. The molecule has 2 heterocycles. The molecule has 0 saturated carbocycles. The number of rotatable bonds is 2. The molecule has 0 radical (unpaired) electrons. The average Bonchev–Trinajstić information content (AvgIpc) is 2.64. The third-order valence-corrected chi connectivity index (χ3v) is 2.03. The van der Waals surface area contributed by atoms with Crippen molar-refractivity contribution >= 4 is 23.3 Å². The Bertz CT molecular complexity index is 410. The zero-order valence-corrected chi connectivity index (χ0v) is 7.87. The molecule has 2 aromatic rings. The Kier molecular flexibility index (Phi) is 1.93. The molecule has 66 valence electrons. The summed E-state index contributed by atoms with van der Waals surface area (Å²) in [6.07, 6.45) is 8.19. The Morgan fingerprint density at radius 2 is 1.54 bits per heavy atom. The number of fused-ring (bicyclic) bond motifs is 2. The van der Waals surface area contributed by atoms with E-state index in [2.05, 4.69) is 24.3 Å². The van der Waals surface area contributed by atoms with Crippen LogP contribution in [0.2, 0.25) is 0 Å². The first-order chi connectivity index (χ1) is 6.35. The molecule has 0 atom stereocenters. The van der Waals surface area contributed by atoms with Gasteiger partial charge in [-0.2, -0.15) is 0 Å². The zero-order chi connectivity index (χ0) is 9.26. The van der Waals surface area contributed by atoms with Crippen molar-refractivity contribution in [2.45, 2.75) is 13.8 Å². The minimum absolute atomic E-state index is 0.955. The van der Waals surface area contributed by atoms with E-state index in [1.54, 1.807) is 0 Å². The highest BCUT2D eigenvalue weighted by atomic mass is 16.3. The second-order valence-electron chi connectivity index (χ2n) is 3.03. The van der Waals surface area contributed by atoms with Gasteiger partial charge >= 0.3 is 0 Å². The molecule has 0 saturated heterocycles. The van der Waals surface area contributed by atoms with Crippen LogP contribution in [0.25, 0.3) is 23.3 Å². The first-order valence-electron chi connectivity index (χ1n) is 4.46. The van der Waals surface area contributed by atoms with Crippen LogP contribution in [-0.4, -0.2) is 0 Å². The van der Waals surface area contributed by atoms with Gasteiger partial charge in [-0.15, -0.1) is 0 Å². The lowest BCUT2D eigenvalue weighted by atomic mass is 10.1. The van der Waals surface area contributed by atoms with Crippen LogP contribution in [0.4, 0.5) is 0 Å². The molecule has 0 aliphatic heterocycles. The van der Waals surface area contributed by atoms with E-state index in [1.165, 1.54) is 11.1 Å². The Hall–Kier alpha value is -1.50. The van der Waals surface area contributed by atoms with Crippen LogP contribution in [0.1, 0.15) is 25.0 Å². The molecule has 2 bridgehead atoms. The molecule has 0 aliphatic rings. The van der Waals surface area contributed by atoms with Crippen molar-refractivity contribution in [2.75, 3.05) is 0 Å². The Morgan fingerprint density at radius 3 is 1.92 bits per heavy atom. The average molecular weight is 172 g/mol. The van der Waals surface area contributed by atoms with Crippen molar-refractivity contribution in [3.63, 3.8) is 0 Å². The summed E-state index contributed by atoms with van der Waals surface area (Å²) in [6, 6.07) is 4.12. The fourth-order valence-electron chi connectivity index (χ4n) is 1.55. The molecule has 0 aromatic carbocycles. The zero-order valence-electron chi connectivity index (χ0n) is 7.87. The number of hydrogen-bond donors (Lipinski definition) is 0. The molecule has 1 heteroatoms. The topological polar surface area (TPSA) is 13.1 Å². The lowest BCUT2D eigenvalue weighted by Gasteiger charge is -1.90. The second-order valence-corrected chi connectivity index (χ2v) is 3.03. The molecule has 2 rings (SSSR count). The molecule has 0 N–H and O–H groups in total. The molecule has 0 spiro atoms. The normalized spacial score (nSPS) is 12.8. The van der Waals surface area contributed by atoms with Crippen LogP contribution in [0.3, 0.4) is 0 Å². The molecular weight excluding hydrogens is 160 g/mol. The maximum Gasteiger partial charge on any atom is 0.142 e. The van der Waals surface area contributed by atoms with Crippen molar-refractivity contribution in [1.29, 1.82) is 0 Å². The smallest absolute Gasteiger partial charge is 0.142 e. The summed E-state index contributed by atoms with van der Waals surface area (Å²) in [7, 11) is 0. The standard InChI is InChI=1S/C12H12O/c1-3-5-9-7-11-8-10(6-4-2)12(9)13-11/h3-8H,1-2H3. The lowest BCUT2D eigenvalue weighted by molar-refractivity contribution is 0.674. The summed E-state index contributed by atoms with van der Waals surface area (Å²) in [4.78, 5) is 0. The Balaban J connectivity index is 2.57. The summed E-state index contributed by atoms with van der Waals surface area (Å²) in [5.74, 6) is 0. The van der Waals surface area contributed by atoms with Gasteiger partial charge in [0.05, 0.1) is 0 Å². The highest BCUT2D eigenvalue weighted by molar-refractivity contribution is 5.85. The summed E-state index contributed by atoms with van der Waals surface area (Å²) >= 11 is 0. The maximum absolute atomic E-state index is 5.55. The SMILES string of the molecule is CC=Cc1cc2cc(C=CC)c1o2. The van der Waals surface area contributed by atoms with E-state index in [0.717, 1.165) is 11.2 Å². The highest BCUT2D eigenvalue weighted by Crippen LogP contribution is 2.29. The number of allylic oxidation sites excluding steroid dienone is 2. The van der Waals surface area contributed by atoms with E-state index >= 15 is 0 Å². The molecule has 0 amide bonds. The van der Waals surface area contributed by atoms with Crippen LogP contribution in [0.15, 0.2) is 28.7 Å². The van der Waals surface area contributed by atoms with Crippen LogP contribution in [0.5, 0.6) is 0 Å². The van der Waals surface area contributed by atoms with E-state index in [4.69, 9.17) is 4.42 Å². The van der Waals surface area contributed by atoms with Gasteiger partial charge in [0.25, 0.3) is 0 Å². The number of furan rings is 2. The van der Waals surface area contributed by atoms with Crippen molar-refractivity contribution < 1.29 is 4.42 Å². The number of hydrogen-bond acceptors (Lipinski definition) is 1. The monoisotopic (exact) mass is 172 g/mol. The fourth-order valence-corrected chi connectivity index (χ4v) is 1.55. The largest absolute Gasteiger partial charge is 0.456 e. The van der Waals surface area contributed by atoms with E-state index < -0.39 is 0 Å². The molecule has 0 unspecified atom stereocenters. The van der Waals surface area contributed by atoms with Gasteiger partial charge < -0.3 is 4.42 Å². The van der Waals surface area contributed by atoms with Gasteiger partial charge in [-0.05, 0) is 26.0 Å². The third-order valence-electron chi connectivity index (χ3n) is 2.03. The van der Waals surface area contributed by atoms with Gasteiger partial charge in [-0.1, -0.05) is 24.3 Å². The van der Waals surface area contributed by atoms with E-state index in [-0.39, 0.29) is 0 Å². The summed E-state index contributed by atoms with van der Waals surface area (Å²) in [5.41, 5.74) is 4.30. The first-order valence-corrected chi connectivity index (χ1v) is 4.46. The summed E-state index contributed by atoms with van der Waals surface area (Å²) < 4.78 is 5.55. The quantitative estimate of drug-likeness (QED) is 0.668. The van der Waals surface area contributed by atoms with Gasteiger partial charge in [0, 0.05) is 11.1 Å². The van der Waals surface area contributed by atoms with E-state index in [0.29, 0.717) is 0 Å². The molecule has 1 nitrogen and oxygen atoms in total. The minimum Gasteiger partial charge on any atom is -0.456 e. The molecular formula is C12H12O. The van der Waals surface area contributed by atoms with E-state index in [9.17, 15) is 0 Å². The van der Waals surface area contributed by atoms with Crippen LogP contribution < -0.4 is 0 Å². The predicted molar refractivity (Wildman–Crippen MR) is 56.8 cm³/mol. The molecule has 0 fully saturated rings. The van der Waals surface area contributed by atoms with Crippen molar-refractivity contribution in [3.8, 4) is 0 Å². The van der Waals surface area contributed by atoms with Crippen LogP contribution in [0, 0.1) is 0 Å². The summed E-state index contributed by atoms with van der Waals surface area (Å²) in [6.45, 7) is 4.02. The van der Waals surface area contributed by atoms with Gasteiger partial charge in [-0.3, -0.25) is 0 Å². The van der Waals surface area contributed by atoms with Gasteiger partial charge in [0.2, 0.25) is 0 Å². The van der Waals surface area contributed by atoms with Crippen molar-refractivity contribution in [2.24, 2.45) is 0 Å². The predicted octanol–water partition coefficient (Wildman–Crippen LogP) is 3.94. The Labute approximate surface area is 77.7 Å². The lowest BCUT2D eigenvalue weighted by Crippen LogP contribution is -1.72. The maximum atomic E-state index is 5.55. The van der Waals surface area contributed by atoms with Crippen molar-refractivity contribution in [1.82, 2.24) is 0 Å². The molecule has 2 aromatic heterocycles. The fraction of sp³-hybridized carbons (Fsp3) is 0.167. The second kappa shape index (κ2) is 3.09. The van der Waals surface area contributed by atoms with Gasteiger partial charge in [0.15, 0.2) is 0 Å². The molecule has 13 heavy (non-hydrogen) atoms. The molecule has 0 aliphatic carbocycles.